The molecule has 1 heterocycles. The average Bonchev–Trinajstić information content (AvgIpc) is 2.81. The SMILES string of the molecule is COc1ccc([C@H](C)NCc2cn[nH]c2C)cc1Br. The Labute approximate surface area is 121 Å². The number of aromatic nitrogens is 2. The fourth-order valence-corrected chi connectivity index (χ4v) is 2.45. The van der Waals surface area contributed by atoms with Crippen LogP contribution in [0, 0.1) is 6.92 Å². The van der Waals surface area contributed by atoms with E-state index < -0.39 is 0 Å². The Balaban J connectivity index is 2.02. The van der Waals surface area contributed by atoms with E-state index >= 15 is 0 Å². The first kappa shape index (κ1) is 14.1. The highest BCUT2D eigenvalue weighted by Gasteiger charge is 2.09. The zero-order valence-corrected chi connectivity index (χ0v) is 12.9. The van der Waals surface area contributed by atoms with Gasteiger partial charge in [0.2, 0.25) is 0 Å². The van der Waals surface area contributed by atoms with Crippen LogP contribution in [0.4, 0.5) is 0 Å². The topological polar surface area (TPSA) is 49.9 Å². The minimum Gasteiger partial charge on any atom is -0.496 e. The van der Waals surface area contributed by atoms with Crippen molar-refractivity contribution in [2.45, 2.75) is 26.4 Å². The lowest BCUT2D eigenvalue weighted by Gasteiger charge is -2.15. The van der Waals surface area contributed by atoms with Crippen LogP contribution in [0.2, 0.25) is 0 Å². The lowest BCUT2D eigenvalue weighted by atomic mass is 10.1. The first-order chi connectivity index (χ1) is 9.11. The van der Waals surface area contributed by atoms with E-state index in [0.717, 1.165) is 22.5 Å². The molecule has 0 bridgehead atoms. The van der Waals surface area contributed by atoms with Gasteiger partial charge in [-0.1, -0.05) is 6.07 Å². The second-order valence-corrected chi connectivity index (χ2v) is 5.37. The minimum absolute atomic E-state index is 0.261. The summed E-state index contributed by atoms with van der Waals surface area (Å²) in [6.07, 6.45) is 1.86. The number of nitrogens with zero attached hydrogens (tertiary/aromatic N) is 1. The Morgan fingerprint density at radius 2 is 2.26 bits per heavy atom. The summed E-state index contributed by atoms with van der Waals surface area (Å²) in [6.45, 7) is 4.97. The predicted molar refractivity (Wildman–Crippen MR) is 79.3 cm³/mol. The van der Waals surface area contributed by atoms with E-state index in [-0.39, 0.29) is 6.04 Å². The highest BCUT2D eigenvalue weighted by molar-refractivity contribution is 9.10. The molecule has 1 aromatic carbocycles. The largest absolute Gasteiger partial charge is 0.496 e. The van der Waals surface area contributed by atoms with Crippen molar-refractivity contribution in [2.24, 2.45) is 0 Å². The maximum absolute atomic E-state index is 5.23. The van der Waals surface area contributed by atoms with E-state index in [2.05, 4.69) is 50.5 Å². The molecule has 0 amide bonds. The van der Waals surface area contributed by atoms with Crippen LogP contribution < -0.4 is 10.1 Å². The summed E-state index contributed by atoms with van der Waals surface area (Å²) in [4.78, 5) is 0. The maximum atomic E-state index is 5.23. The van der Waals surface area contributed by atoms with Crippen LogP contribution in [0.1, 0.15) is 29.8 Å². The molecule has 0 fully saturated rings. The first-order valence-electron chi connectivity index (χ1n) is 6.17. The number of hydrogen-bond acceptors (Lipinski definition) is 3. The summed E-state index contributed by atoms with van der Waals surface area (Å²) in [5.41, 5.74) is 3.52. The van der Waals surface area contributed by atoms with Crippen molar-refractivity contribution in [3.05, 3.63) is 45.7 Å². The molecular weight excluding hydrogens is 306 g/mol. The number of halogens is 1. The number of methoxy groups -OCH3 is 1. The molecule has 1 atom stereocenters. The van der Waals surface area contributed by atoms with Crippen LogP contribution in [0.25, 0.3) is 0 Å². The molecule has 0 aliphatic rings. The normalized spacial score (nSPS) is 12.4. The molecule has 1 aromatic heterocycles. The van der Waals surface area contributed by atoms with Gasteiger partial charge in [-0.05, 0) is 47.5 Å². The van der Waals surface area contributed by atoms with E-state index in [1.54, 1.807) is 7.11 Å². The standard InChI is InChI=1S/C14H18BrN3O/c1-9(16-7-12-8-17-18-10(12)2)11-4-5-14(19-3)13(15)6-11/h4-6,8-9,16H,7H2,1-3H3,(H,17,18)/t9-/m0/s1. The Morgan fingerprint density at radius 3 is 2.84 bits per heavy atom. The van der Waals surface area contributed by atoms with Crippen molar-refractivity contribution in [2.75, 3.05) is 7.11 Å². The van der Waals surface area contributed by atoms with Crippen molar-refractivity contribution in [1.29, 1.82) is 0 Å². The molecule has 4 nitrogen and oxygen atoms in total. The zero-order valence-electron chi connectivity index (χ0n) is 11.3. The fraction of sp³-hybridized carbons (Fsp3) is 0.357. The average molecular weight is 324 g/mol. The van der Waals surface area contributed by atoms with Crippen molar-refractivity contribution in [3.63, 3.8) is 0 Å². The number of aryl methyl sites for hydroxylation is 1. The molecule has 2 aromatic rings. The molecule has 19 heavy (non-hydrogen) atoms. The molecule has 2 N–H and O–H groups in total. The Bertz CT molecular complexity index is 553. The smallest absolute Gasteiger partial charge is 0.133 e. The van der Waals surface area contributed by atoms with Crippen molar-refractivity contribution < 1.29 is 4.74 Å². The number of rotatable bonds is 5. The molecule has 2 rings (SSSR count). The molecule has 0 aliphatic heterocycles. The summed E-state index contributed by atoms with van der Waals surface area (Å²) < 4.78 is 6.21. The Hall–Kier alpha value is -1.33. The third-order valence-corrected chi connectivity index (χ3v) is 3.83. The van der Waals surface area contributed by atoms with Gasteiger partial charge in [0.05, 0.1) is 17.8 Å². The summed E-state index contributed by atoms with van der Waals surface area (Å²) in [5.74, 6) is 0.849. The third kappa shape index (κ3) is 3.36. The van der Waals surface area contributed by atoms with Gasteiger partial charge < -0.3 is 10.1 Å². The van der Waals surface area contributed by atoms with Crippen LogP contribution in [-0.2, 0) is 6.54 Å². The second kappa shape index (κ2) is 6.21. The van der Waals surface area contributed by atoms with E-state index in [4.69, 9.17) is 4.74 Å². The van der Waals surface area contributed by atoms with E-state index in [1.807, 2.05) is 19.2 Å². The molecule has 0 spiro atoms. The van der Waals surface area contributed by atoms with Gasteiger partial charge in [-0.2, -0.15) is 5.10 Å². The van der Waals surface area contributed by atoms with Crippen molar-refractivity contribution >= 4 is 15.9 Å². The van der Waals surface area contributed by atoms with Crippen LogP contribution in [0.3, 0.4) is 0 Å². The maximum Gasteiger partial charge on any atom is 0.133 e. The number of benzene rings is 1. The molecule has 0 unspecified atom stereocenters. The van der Waals surface area contributed by atoms with E-state index in [0.29, 0.717) is 0 Å². The van der Waals surface area contributed by atoms with E-state index in [1.165, 1.54) is 11.1 Å². The van der Waals surface area contributed by atoms with Gasteiger partial charge in [0.25, 0.3) is 0 Å². The number of hydrogen-bond donors (Lipinski definition) is 2. The van der Waals surface area contributed by atoms with Gasteiger partial charge in [-0.3, -0.25) is 5.10 Å². The predicted octanol–water partition coefficient (Wildman–Crippen LogP) is 3.34. The van der Waals surface area contributed by atoms with Gasteiger partial charge in [0.1, 0.15) is 5.75 Å². The lowest BCUT2D eigenvalue weighted by Crippen LogP contribution is -2.18. The summed E-state index contributed by atoms with van der Waals surface area (Å²) in [7, 11) is 1.67. The molecular formula is C14H18BrN3O. The highest BCUT2D eigenvalue weighted by atomic mass is 79.9. The third-order valence-electron chi connectivity index (χ3n) is 3.21. The quantitative estimate of drug-likeness (QED) is 0.887. The molecule has 102 valence electrons. The Morgan fingerprint density at radius 1 is 1.47 bits per heavy atom. The monoisotopic (exact) mass is 323 g/mol. The van der Waals surface area contributed by atoms with Crippen molar-refractivity contribution in [3.8, 4) is 5.75 Å². The molecule has 0 radical (unpaired) electrons. The van der Waals surface area contributed by atoms with Crippen molar-refractivity contribution in [1.82, 2.24) is 15.5 Å². The minimum atomic E-state index is 0.261. The van der Waals surface area contributed by atoms with E-state index in [9.17, 15) is 0 Å². The number of nitrogens with one attached hydrogen (secondary N) is 2. The highest BCUT2D eigenvalue weighted by Crippen LogP contribution is 2.28. The number of ether oxygens (including phenoxy) is 1. The van der Waals surface area contributed by atoms with Crippen LogP contribution >= 0.6 is 15.9 Å². The summed E-state index contributed by atoms with van der Waals surface area (Å²) in [5, 5.41) is 10.4. The van der Waals surface area contributed by atoms with Gasteiger partial charge in [-0.25, -0.2) is 0 Å². The van der Waals surface area contributed by atoms with Crippen LogP contribution in [0.15, 0.2) is 28.9 Å². The molecule has 0 aliphatic carbocycles. The second-order valence-electron chi connectivity index (χ2n) is 4.52. The lowest BCUT2D eigenvalue weighted by molar-refractivity contribution is 0.411. The zero-order chi connectivity index (χ0) is 13.8. The van der Waals surface area contributed by atoms with Gasteiger partial charge in [0, 0.05) is 23.8 Å². The van der Waals surface area contributed by atoms with Crippen LogP contribution in [0.5, 0.6) is 5.75 Å². The fourth-order valence-electron chi connectivity index (χ4n) is 1.89. The van der Waals surface area contributed by atoms with Gasteiger partial charge in [0.15, 0.2) is 0 Å². The molecule has 5 heteroatoms. The summed E-state index contributed by atoms with van der Waals surface area (Å²) in [6, 6.07) is 6.39. The van der Waals surface area contributed by atoms with Gasteiger partial charge >= 0.3 is 0 Å². The Kier molecular flexibility index (Phi) is 4.61. The number of aromatic amines is 1. The number of H-pyrrole nitrogens is 1. The molecule has 0 saturated heterocycles. The van der Waals surface area contributed by atoms with Crippen LogP contribution in [-0.4, -0.2) is 17.3 Å². The first-order valence-corrected chi connectivity index (χ1v) is 6.96. The van der Waals surface area contributed by atoms with Gasteiger partial charge in [-0.15, -0.1) is 0 Å². The summed E-state index contributed by atoms with van der Waals surface area (Å²) >= 11 is 3.51. The molecule has 0 saturated carbocycles.